The number of rotatable bonds is 7. The van der Waals surface area contributed by atoms with Gasteiger partial charge in [0, 0.05) is 18.0 Å². The lowest BCUT2D eigenvalue weighted by molar-refractivity contribution is -0.192. The predicted octanol–water partition coefficient (Wildman–Crippen LogP) is 7.00. The number of carbonyl (C=O) groups is 3. The fourth-order valence-electron chi connectivity index (χ4n) is 6.53. The van der Waals surface area contributed by atoms with Crippen LogP contribution in [0.25, 0.3) is 0 Å². The molecule has 2 aromatic carbocycles. The summed E-state index contributed by atoms with van der Waals surface area (Å²) < 4.78 is 53.5. The zero-order valence-electron chi connectivity index (χ0n) is 24.8. The number of aliphatic carboxylic acids is 1. The number of nitrogens with zero attached hydrogens (tertiary/aromatic N) is 1. The van der Waals surface area contributed by atoms with E-state index in [1.807, 2.05) is 55.1 Å². The maximum atomic E-state index is 13.2. The zero-order valence-corrected chi connectivity index (χ0v) is 24.8. The van der Waals surface area contributed by atoms with Gasteiger partial charge >= 0.3 is 24.4 Å². The lowest BCUT2D eigenvalue weighted by Crippen LogP contribution is -2.62. The van der Waals surface area contributed by atoms with Crippen LogP contribution in [0, 0.1) is 5.92 Å². The normalized spacial score (nSPS) is 22.6. The molecule has 1 N–H and O–H groups in total. The van der Waals surface area contributed by atoms with Gasteiger partial charge in [0.05, 0.1) is 0 Å². The molecule has 2 aliphatic carbocycles. The molecule has 1 unspecified atom stereocenters. The molecule has 0 spiro atoms. The fraction of sp³-hybridized carbons (Fsp3) is 0.531. The van der Waals surface area contributed by atoms with Gasteiger partial charge in [0.2, 0.25) is 6.79 Å². The maximum Gasteiger partial charge on any atom is 0.511 e. The highest BCUT2D eigenvalue weighted by Gasteiger charge is 2.55. The van der Waals surface area contributed by atoms with Gasteiger partial charge < -0.3 is 29.0 Å². The Hall–Kier alpha value is -3.96. The first kappa shape index (κ1) is 32.9. The molecule has 0 radical (unpaired) electrons. The summed E-state index contributed by atoms with van der Waals surface area (Å²) in [5, 5.41) is 7.12. The van der Waals surface area contributed by atoms with Crippen LogP contribution in [0.5, 0.6) is 5.75 Å². The molecule has 2 aromatic rings. The molecule has 4 atom stereocenters. The van der Waals surface area contributed by atoms with Crippen molar-refractivity contribution in [1.82, 2.24) is 4.90 Å². The van der Waals surface area contributed by atoms with Crippen molar-refractivity contribution in [2.24, 2.45) is 5.92 Å². The monoisotopic (exact) mass is 621 g/mol. The topological polar surface area (TPSA) is 112 Å². The third-order valence-electron chi connectivity index (χ3n) is 8.77. The second-order valence-corrected chi connectivity index (χ2v) is 11.4. The Morgan fingerprint density at radius 3 is 2.48 bits per heavy atom. The van der Waals surface area contributed by atoms with Crippen LogP contribution in [0.1, 0.15) is 69.1 Å². The molecule has 1 heterocycles. The van der Waals surface area contributed by atoms with Gasteiger partial charge in [-0.1, -0.05) is 56.2 Å². The number of piperidine rings is 1. The number of alkyl halides is 3. The molecule has 5 rings (SSSR count). The van der Waals surface area contributed by atoms with Crippen LogP contribution in [0.2, 0.25) is 0 Å². The molecule has 1 saturated heterocycles. The van der Waals surface area contributed by atoms with E-state index in [4.69, 9.17) is 28.8 Å². The minimum atomic E-state index is -5.08. The Bertz CT molecular complexity index is 1300. The van der Waals surface area contributed by atoms with Crippen LogP contribution in [-0.4, -0.2) is 59.9 Å². The van der Waals surface area contributed by atoms with E-state index >= 15 is 0 Å². The number of halogens is 3. The molecule has 12 heteroatoms. The van der Waals surface area contributed by atoms with Gasteiger partial charge in [-0.15, -0.1) is 0 Å². The average molecular weight is 622 g/mol. The van der Waals surface area contributed by atoms with Gasteiger partial charge in [-0.3, -0.25) is 0 Å². The highest BCUT2D eigenvalue weighted by Crippen LogP contribution is 2.56. The van der Waals surface area contributed by atoms with E-state index < -0.39 is 18.3 Å². The Morgan fingerprint density at radius 1 is 1.07 bits per heavy atom. The number of amides is 1. The summed E-state index contributed by atoms with van der Waals surface area (Å²) in [5.41, 5.74) is 3.65. The molecule has 3 aliphatic rings. The predicted molar refractivity (Wildman–Crippen MR) is 152 cm³/mol. The number of benzene rings is 2. The van der Waals surface area contributed by atoms with Crippen LogP contribution >= 0.6 is 0 Å². The van der Waals surface area contributed by atoms with E-state index in [1.165, 1.54) is 24.0 Å². The number of likely N-dealkylation sites (tertiary alicyclic amines) is 1. The first-order valence-corrected chi connectivity index (χ1v) is 14.8. The summed E-state index contributed by atoms with van der Waals surface area (Å²) in [6.07, 6.45) is 0.885. The zero-order chi connectivity index (χ0) is 31.9. The SMILES string of the molecule is CCC(C)OC(=O)OCOc1ccc2c(c1)[C@@]13CCCC[C@@H]1[C@H](C2)N(C(=O)OCc1ccccc1)CC3.O=C(O)C(F)(F)F. The molecule has 9 nitrogen and oxygen atoms in total. The van der Waals surface area contributed by atoms with E-state index in [-0.39, 0.29) is 30.4 Å². The molecule has 1 aliphatic heterocycles. The first-order valence-electron chi connectivity index (χ1n) is 14.8. The summed E-state index contributed by atoms with van der Waals surface area (Å²) in [4.78, 5) is 35.9. The molecule has 2 bridgehead atoms. The van der Waals surface area contributed by atoms with Crippen LogP contribution in [0.4, 0.5) is 22.8 Å². The Labute approximate surface area is 254 Å². The average Bonchev–Trinajstić information content (AvgIpc) is 3.00. The van der Waals surface area contributed by atoms with Crippen molar-refractivity contribution in [3.63, 3.8) is 0 Å². The number of hydrogen-bond acceptors (Lipinski definition) is 7. The van der Waals surface area contributed by atoms with Crippen LogP contribution in [-0.2, 0) is 37.4 Å². The van der Waals surface area contributed by atoms with Crippen molar-refractivity contribution in [2.45, 2.75) is 89.1 Å². The Kier molecular flexibility index (Phi) is 10.6. The van der Waals surface area contributed by atoms with E-state index in [0.29, 0.717) is 24.8 Å². The molecule has 44 heavy (non-hydrogen) atoms. The quantitative estimate of drug-likeness (QED) is 0.260. The lowest BCUT2D eigenvalue weighted by Gasteiger charge is -2.58. The minimum absolute atomic E-state index is 0.0441. The Morgan fingerprint density at radius 2 is 1.80 bits per heavy atom. The van der Waals surface area contributed by atoms with Crippen molar-refractivity contribution in [1.29, 1.82) is 0 Å². The fourth-order valence-corrected chi connectivity index (χ4v) is 6.53. The third-order valence-corrected chi connectivity index (χ3v) is 8.77. The number of hydrogen-bond donors (Lipinski definition) is 1. The Balaban J connectivity index is 0.000000566. The molecular weight excluding hydrogens is 583 g/mol. The van der Waals surface area contributed by atoms with E-state index in [9.17, 15) is 22.8 Å². The molecule has 1 saturated carbocycles. The standard InChI is InChI=1S/C30H37NO6.C2HF3O2/c1-3-21(2)37-29(33)36-20-35-24-13-12-23-17-27-25-11-7-8-14-30(25,26(23)18-24)15-16-31(27)28(32)34-19-22-9-5-4-6-10-22;3-2(4,5)1(6)7/h4-6,9-10,12-13,18,21,25,27H,3,7-8,11,14-17,19-20H2,1-2H3;(H,6,7)/t21?,25-,27+,30-;/m1./s1. The van der Waals surface area contributed by atoms with Crippen molar-refractivity contribution in [2.75, 3.05) is 13.3 Å². The summed E-state index contributed by atoms with van der Waals surface area (Å²) in [6.45, 7) is 4.58. The van der Waals surface area contributed by atoms with Crippen LogP contribution in [0.3, 0.4) is 0 Å². The lowest BCUT2D eigenvalue weighted by atomic mass is 9.52. The molecule has 240 valence electrons. The summed E-state index contributed by atoms with van der Waals surface area (Å²) in [5.74, 6) is -1.66. The number of ether oxygens (including phenoxy) is 4. The third kappa shape index (κ3) is 7.75. The van der Waals surface area contributed by atoms with Gasteiger partial charge in [0.25, 0.3) is 0 Å². The van der Waals surface area contributed by atoms with Crippen molar-refractivity contribution in [3.05, 3.63) is 65.2 Å². The number of fused-ring (bicyclic) bond motifs is 1. The number of carboxylic acid groups (broad SMARTS) is 1. The van der Waals surface area contributed by atoms with Crippen LogP contribution in [0.15, 0.2) is 48.5 Å². The van der Waals surface area contributed by atoms with Gasteiger partial charge in [-0.05, 0) is 73.8 Å². The number of carbonyl (C=O) groups excluding carboxylic acids is 2. The molecule has 0 aromatic heterocycles. The summed E-state index contributed by atoms with van der Waals surface area (Å²) in [7, 11) is 0. The maximum absolute atomic E-state index is 13.2. The second kappa shape index (κ2) is 14.2. The summed E-state index contributed by atoms with van der Waals surface area (Å²) in [6, 6.07) is 16.2. The molecule has 2 fully saturated rings. The van der Waals surface area contributed by atoms with E-state index in [1.54, 1.807) is 0 Å². The van der Waals surface area contributed by atoms with Gasteiger partial charge in [-0.25, -0.2) is 14.4 Å². The summed E-state index contributed by atoms with van der Waals surface area (Å²) >= 11 is 0. The van der Waals surface area contributed by atoms with Gasteiger partial charge in [0.15, 0.2) is 0 Å². The van der Waals surface area contributed by atoms with Crippen molar-refractivity contribution >= 4 is 18.2 Å². The van der Waals surface area contributed by atoms with Gasteiger partial charge in [-0.2, -0.15) is 13.2 Å². The molecular formula is C32H38F3NO8. The minimum Gasteiger partial charge on any atom is -0.475 e. The van der Waals surface area contributed by atoms with E-state index in [0.717, 1.165) is 37.7 Å². The second-order valence-electron chi connectivity index (χ2n) is 11.4. The highest BCUT2D eigenvalue weighted by molar-refractivity contribution is 5.73. The van der Waals surface area contributed by atoms with E-state index in [2.05, 4.69) is 12.1 Å². The number of carboxylic acids is 1. The largest absolute Gasteiger partial charge is 0.511 e. The van der Waals surface area contributed by atoms with Gasteiger partial charge in [0.1, 0.15) is 18.5 Å². The molecule has 1 amide bonds. The van der Waals surface area contributed by atoms with Crippen LogP contribution < -0.4 is 4.74 Å². The highest BCUT2D eigenvalue weighted by atomic mass is 19.4. The van der Waals surface area contributed by atoms with Crippen molar-refractivity contribution in [3.8, 4) is 5.75 Å². The van der Waals surface area contributed by atoms with Crippen molar-refractivity contribution < 1.29 is 51.6 Å². The smallest absolute Gasteiger partial charge is 0.475 e. The first-order chi connectivity index (χ1) is 20.9.